The summed E-state index contributed by atoms with van der Waals surface area (Å²) < 4.78 is 11.1. The normalized spacial score (nSPS) is 19.5. The van der Waals surface area contributed by atoms with Crippen LogP contribution in [0.4, 0.5) is 17.1 Å². The number of ketones is 1. The number of anilines is 2. The van der Waals surface area contributed by atoms with E-state index in [1.807, 2.05) is 48.5 Å². The van der Waals surface area contributed by atoms with Crippen LogP contribution in [0.1, 0.15) is 62.1 Å². The number of nitrogens with one attached hydrogen (secondary N) is 1. The zero-order chi connectivity index (χ0) is 29.8. The molecule has 0 bridgehead atoms. The van der Waals surface area contributed by atoms with E-state index in [1.54, 1.807) is 31.3 Å². The summed E-state index contributed by atoms with van der Waals surface area (Å²) in [7, 11) is 3.12. The third-order valence-electron chi connectivity index (χ3n) is 8.04. The lowest BCUT2D eigenvalue weighted by Crippen LogP contribution is -2.42. The van der Waals surface area contributed by atoms with E-state index < -0.39 is 16.9 Å². The number of amides is 1. The van der Waals surface area contributed by atoms with E-state index in [0.29, 0.717) is 40.6 Å². The molecule has 0 saturated carbocycles. The fourth-order valence-corrected chi connectivity index (χ4v) is 6.00. The summed E-state index contributed by atoms with van der Waals surface area (Å²) in [5.74, 6) is -0.127. The van der Waals surface area contributed by atoms with Crippen molar-refractivity contribution in [2.75, 3.05) is 24.4 Å². The van der Waals surface area contributed by atoms with Gasteiger partial charge < -0.3 is 19.7 Å². The van der Waals surface area contributed by atoms with Crippen molar-refractivity contribution in [1.82, 2.24) is 0 Å². The molecule has 3 atom stereocenters. The Kier molecular flexibility index (Phi) is 8.56. The molecule has 0 aromatic heterocycles. The molecule has 1 aliphatic carbocycles. The predicted octanol–water partition coefficient (Wildman–Crippen LogP) is 6.95. The van der Waals surface area contributed by atoms with Gasteiger partial charge in [-0.1, -0.05) is 56.2 Å². The molecule has 0 saturated heterocycles. The number of allylic oxidation sites excluding steroid dienone is 1. The Bertz CT molecular complexity index is 1530. The van der Waals surface area contributed by atoms with E-state index in [0.717, 1.165) is 24.8 Å². The fraction of sp³-hybridized carbons (Fsp3) is 0.333. The molecule has 3 aromatic rings. The van der Waals surface area contributed by atoms with E-state index >= 15 is 0 Å². The van der Waals surface area contributed by atoms with Crippen molar-refractivity contribution in [3.63, 3.8) is 0 Å². The second-order valence-corrected chi connectivity index (χ2v) is 10.7. The number of Topliss-reactive ketones (excluding diaryl/α,β-unsaturated/α-hetero) is 1. The van der Waals surface area contributed by atoms with Gasteiger partial charge in [-0.2, -0.15) is 0 Å². The van der Waals surface area contributed by atoms with Crippen LogP contribution < -0.4 is 19.7 Å². The van der Waals surface area contributed by atoms with Gasteiger partial charge >= 0.3 is 0 Å². The number of nitro benzene ring substituents is 1. The van der Waals surface area contributed by atoms with Crippen LogP contribution in [0, 0.1) is 16.0 Å². The SMILES string of the molecule is CCCCCC(=O)N1c2ccccc2NC2=C[C@@H](c3cccc([N+](=O)[O-])c3)CC(=O)[C@H]2[C@H]1c1ccc(OC)c(OC)c1. The molecule has 1 heterocycles. The minimum absolute atomic E-state index is 0.0216. The largest absolute Gasteiger partial charge is 0.493 e. The number of nitro groups is 1. The molecular formula is C33H35N3O6. The molecule has 42 heavy (non-hydrogen) atoms. The minimum Gasteiger partial charge on any atom is -0.493 e. The van der Waals surface area contributed by atoms with Crippen LogP contribution in [0.2, 0.25) is 0 Å². The Hall–Kier alpha value is -4.66. The molecule has 0 spiro atoms. The second kappa shape index (κ2) is 12.5. The standard InChI is InChI=1S/C33H35N3O6/c1-4-5-6-14-31(38)35-27-13-8-7-12-25(27)34-26-18-23(21-10-9-11-24(17-21)36(39)40)19-28(37)32(26)33(35)22-15-16-29(41-2)30(20-22)42-3/h7-13,15-18,20,23,32-34H,4-6,14,19H2,1-3H3/t23-,32+,33-/m1/s1. The van der Waals surface area contributed by atoms with Gasteiger partial charge in [-0.3, -0.25) is 19.7 Å². The highest BCUT2D eigenvalue weighted by Crippen LogP contribution is 2.49. The molecular weight excluding hydrogens is 534 g/mol. The van der Waals surface area contributed by atoms with Gasteiger partial charge in [0.05, 0.1) is 42.5 Å². The topological polar surface area (TPSA) is 111 Å². The number of benzene rings is 3. The summed E-state index contributed by atoms with van der Waals surface area (Å²) in [4.78, 5) is 41.1. The van der Waals surface area contributed by atoms with E-state index in [-0.39, 0.29) is 29.7 Å². The van der Waals surface area contributed by atoms with Crippen LogP contribution >= 0.6 is 0 Å². The summed E-state index contributed by atoms with van der Waals surface area (Å²) >= 11 is 0. The third kappa shape index (κ3) is 5.59. The highest BCUT2D eigenvalue weighted by atomic mass is 16.6. The average molecular weight is 570 g/mol. The highest BCUT2D eigenvalue weighted by molar-refractivity contribution is 6.01. The lowest BCUT2D eigenvalue weighted by molar-refractivity contribution is -0.384. The number of non-ortho nitro benzene ring substituents is 1. The zero-order valence-corrected chi connectivity index (χ0v) is 24.0. The first-order valence-electron chi connectivity index (χ1n) is 14.2. The molecule has 5 rings (SSSR count). The van der Waals surface area contributed by atoms with Crippen molar-refractivity contribution in [1.29, 1.82) is 0 Å². The number of para-hydroxylation sites is 2. The molecule has 0 radical (unpaired) electrons. The molecule has 3 aromatic carbocycles. The van der Waals surface area contributed by atoms with Crippen LogP contribution in [-0.2, 0) is 9.59 Å². The summed E-state index contributed by atoms with van der Waals surface area (Å²) in [5.41, 5.74) is 3.48. The smallest absolute Gasteiger partial charge is 0.269 e. The van der Waals surface area contributed by atoms with Crippen LogP contribution in [0.3, 0.4) is 0 Å². The summed E-state index contributed by atoms with van der Waals surface area (Å²) in [6.07, 6.45) is 5.14. The molecule has 9 nitrogen and oxygen atoms in total. The minimum atomic E-state index is -0.694. The lowest BCUT2D eigenvalue weighted by Gasteiger charge is -2.38. The van der Waals surface area contributed by atoms with Gasteiger partial charge in [-0.25, -0.2) is 0 Å². The number of carbonyl (C=O) groups excluding carboxylic acids is 2. The second-order valence-electron chi connectivity index (χ2n) is 10.7. The Morgan fingerprint density at radius 2 is 1.79 bits per heavy atom. The van der Waals surface area contributed by atoms with Crippen LogP contribution in [0.25, 0.3) is 0 Å². The number of carbonyl (C=O) groups is 2. The molecule has 2 aliphatic rings. The van der Waals surface area contributed by atoms with Crippen LogP contribution in [0.15, 0.2) is 78.5 Å². The molecule has 1 N–H and O–H groups in total. The van der Waals surface area contributed by atoms with Gasteiger partial charge in [-0.15, -0.1) is 0 Å². The third-order valence-corrected chi connectivity index (χ3v) is 8.04. The van der Waals surface area contributed by atoms with Gasteiger partial charge in [0.25, 0.3) is 5.69 Å². The number of rotatable bonds is 9. The average Bonchev–Trinajstić information content (AvgIpc) is 3.15. The van der Waals surface area contributed by atoms with E-state index in [9.17, 15) is 19.7 Å². The Morgan fingerprint density at radius 3 is 2.52 bits per heavy atom. The highest BCUT2D eigenvalue weighted by Gasteiger charge is 2.45. The van der Waals surface area contributed by atoms with Crippen LogP contribution in [-0.4, -0.2) is 30.8 Å². The number of nitrogens with zero attached hydrogens (tertiary/aromatic N) is 2. The van der Waals surface area contributed by atoms with Crippen molar-refractivity contribution in [2.45, 2.75) is 51.0 Å². The maximum absolute atomic E-state index is 14.2. The first-order valence-corrected chi connectivity index (χ1v) is 14.2. The van der Waals surface area contributed by atoms with Gasteiger partial charge in [-0.05, 0) is 41.8 Å². The molecule has 9 heteroatoms. The molecule has 218 valence electrons. The number of hydrogen-bond acceptors (Lipinski definition) is 7. The summed E-state index contributed by atoms with van der Waals surface area (Å²) in [5, 5.41) is 14.9. The van der Waals surface area contributed by atoms with Crippen LogP contribution in [0.5, 0.6) is 11.5 Å². The van der Waals surface area contributed by atoms with Crippen molar-refractivity contribution < 1.29 is 24.0 Å². The number of fused-ring (bicyclic) bond motifs is 2. The van der Waals surface area contributed by atoms with Crippen molar-refractivity contribution in [3.8, 4) is 11.5 Å². The quantitative estimate of drug-likeness (QED) is 0.169. The fourth-order valence-electron chi connectivity index (χ4n) is 6.00. The zero-order valence-electron chi connectivity index (χ0n) is 24.0. The number of hydrogen-bond donors (Lipinski definition) is 1. The first-order chi connectivity index (χ1) is 20.4. The molecule has 1 amide bonds. The maximum Gasteiger partial charge on any atom is 0.269 e. The number of unbranched alkanes of at least 4 members (excludes halogenated alkanes) is 2. The summed E-state index contributed by atoms with van der Waals surface area (Å²) in [6, 6.07) is 18.8. The predicted molar refractivity (Wildman–Crippen MR) is 161 cm³/mol. The Balaban J connectivity index is 1.69. The summed E-state index contributed by atoms with van der Waals surface area (Å²) in [6.45, 7) is 2.09. The van der Waals surface area contributed by atoms with E-state index in [1.165, 1.54) is 12.1 Å². The molecule has 0 unspecified atom stereocenters. The number of methoxy groups -OCH3 is 2. The van der Waals surface area contributed by atoms with Gasteiger partial charge in [0.15, 0.2) is 11.5 Å². The van der Waals surface area contributed by atoms with Crippen molar-refractivity contribution >= 4 is 28.8 Å². The van der Waals surface area contributed by atoms with Crippen molar-refractivity contribution in [3.05, 3.63) is 99.7 Å². The monoisotopic (exact) mass is 569 g/mol. The molecule has 1 aliphatic heterocycles. The maximum atomic E-state index is 14.2. The van der Waals surface area contributed by atoms with Gasteiger partial charge in [0.1, 0.15) is 5.78 Å². The van der Waals surface area contributed by atoms with Crippen molar-refractivity contribution in [2.24, 2.45) is 5.92 Å². The number of ether oxygens (including phenoxy) is 2. The molecule has 0 fully saturated rings. The Morgan fingerprint density at radius 1 is 1.00 bits per heavy atom. The van der Waals surface area contributed by atoms with Gasteiger partial charge in [0.2, 0.25) is 5.91 Å². The Labute approximate surface area is 245 Å². The van der Waals surface area contributed by atoms with E-state index in [2.05, 4.69) is 12.2 Å². The van der Waals surface area contributed by atoms with Gasteiger partial charge in [0, 0.05) is 36.6 Å². The first kappa shape index (κ1) is 28.9. The lowest BCUT2D eigenvalue weighted by atomic mass is 9.76. The van der Waals surface area contributed by atoms with E-state index in [4.69, 9.17) is 9.47 Å².